The van der Waals surface area contributed by atoms with Gasteiger partial charge in [-0.2, -0.15) is 0 Å². The lowest BCUT2D eigenvalue weighted by Gasteiger charge is -2.16. The van der Waals surface area contributed by atoms with Crippen molar-refractivity contribution in [3.05, 3.63) is 68.5 Å². The second-order valence-corrected chi connectivity index (χ2v) is 9.77. The Morgan fingerprint density at radius 1 is 1.15 bits per heavy atom. The van der Waals surface area contributed by atoms with Gasteiger partial charge in [0.15, 0.2) is 4.32 Å². The first-order valence-electron chi connectivity index (χ1n) is 7.49. The maximum Gasteiger partial charge on any atom is 0.281 e. The van der Waals surface area contributed by atoms with Crippen LogP contribution >= 0.6 is 47.2 Å². The lowest BCUT2D eigenvalue weighted by Crippen LogP contribution is -2.44. The van der Waals surface area contributed by atoms with Gasteiger partial charge in [-0.05, 0) is 42.8 Å². The summed E-state index contributed by atoms with van der Waals surface area (Å²) in [5.74, 6) is -0.577. The van der Waals surface area contributed by atoms with E-state index in [4.69, 9.17) is 35.4 Å². The third-order valence-corrected chi connectivity index (χ3v) is 6.77. The van der Waals surface area contributed by atoms with Gasteiger partial charge in [-0.15, -0.1) is 4.83 Å². The predicted octanol–water partition coefficient (Wildman–Crippen LogP) is 4.40. The number of nitrogens with one attached hydrogen (secondary N) is 1. The number of thioether (sulfide) groups is 1. The van der Waals surface area contributed by atoms with Crippen molar-refractivity contribution in [2.75, 3.05) is 0 Å². The molecule has 1 aliphatic heterocycles. The fraction of sp³-hybridized carbons (Fsp3) is 0.0588. The number of halogens is 2. The fourth-order valence-corrected chi connectivity index (χ4v) is 4.96. The maximum absolute atomic E-state index is 12.6. The summed E-state index contributed by atoms with van der Waals surface area (Å²) in [5.41, 5.74) is 1.49. The number of hydrogen-bond donors (Lipinski definition) is 1. The largest absolute Gasteiger partial charge is 0.281 e. The lowest BCUT2D eigenvalue weighted by atomic mass is 10.2. The number of hydrazine groups is 1. The Labute approximate surface area is 176 Å². The van der Waals surface area contributed by atoms with Crippen LogP contribution < -0.4 is 4.83 Å². The van der Waals surface area contributed by atoms with E-state index in [-0.39, 0.29) is 14.1 Å². The monoisotopic (exact) mass is 458 g/mol. The molecule has 0 atom stereocenters. The molecule has 1 heterocycles. The van der Waals surface area contributed by atoms with Gasteiger partial charge in [0.25, 0.3) is 15.9 Å². The summed E-state index contributed by atoms with van der Waals surface area (Å²) in [7, 11) is -3.95. The topological polar surface area (TPSA) is 66.5 Å². The fourth-order valence-electron chi connectivity index (χ4n) is 2.20. The highest BCUT2D eigenvalue weighted by Gasteiger charge is 2.35. The minimum Gasteiger partial charge on any atom is -0.267 e. The molecule has 1 amide bonds. The number of rotatable bonds is 4. The molecular weight excluding hydrogens is 447 g/mol. The van der Waals surface area contributed by atoms with Crippen LogP contribution in [0.5, 0.6) is 0 Å². The molecule has 1 N–H and O–H groups in total. The second kappa shape index (κ2) is 7.90. The number of thiocarbonyl (C=S) groups is 1. The van der Waals surface area contributed by atoms with Gasteiger partial charge in [0, 0.05) is 10.0 Å². The number of benzene rings is 2. The van der Waals surface area contributed by atoms with Gasteiger partial charge < -0.3 is 0 Å². The van der Waals surface area contributed by atoms with Gasteiger partial charge in [-0.1, -0.05) is 70.9 Å². The minimum atomic E-state index is -3.95. The number of carbonyl (C=O) groups is 1. The molecule has 1 aliphatic rings. The van der Waals surface area contributed by atoms with Gasteiger partial charge >= 0.3 is 0 Å². The Kier molecular flexibility index (Phi) is 5.95. The summed E-state index contributed by atoms with van der Waals surface area (Å²) < 4.78 is 25.1. The molecule has 1 fully saturated rings. The Bertz CT molecular complexity index is 1070. The third-order valence-electron chi connectivity index (χ3n) is 3.59. The summed E-state index contributed by atoms with van der Waals surface area (Å²) in [5, 5.41) is 1.67. The van der Waals surface area contributed by atoms with Crippen molar-refractivity contribution in [1.82, 2.24) is 9.84 Å². The SMILES string of the molecule is Cc1ccc(S(=O)(=O)NN2C(=O)C(=Cc3ccc(Cl)cc3Cl)SC2=S)cc1. The molecule has 1 saturated heterocycles. The maximum atomic E-state index is 12.6. The Hall–Kier alpha value is -1.42. The van der Waals surface area contributed by atoms with Crippen LogP contribution in [-0.4, -0.2) is 23.7 Å². The molecule has 0 spiro atoms. The molecule has 0 unspecified atom stereocenters. The van der Waals surface area contributed by atoms with Crippen molar-refractivity contribution in [3.63, 3.8) is 0 Å². The third kappa shape index (κ3) is 4.53. The van der Waals surface area contributed by atoms with E-state index in [0.29, 0.717) is 15.6 Å². The average Bonchev–Trinajstić information content (AvgIpc) is 2.85. The van der Waals surface area contributed by atoms with Crippen LogP contribution in [0.3, 0.4) is 0 Å². The summed E-state index contributed by atoms with van der Waals surface area (Å²) in [6.07, 6.45) is 1.54. The molecular formula is C17H12Cl2N2O3S3. The Balaban J connectivity index is 1.86. The van der Waals surface area contributed by atoms with E-state index >= 15 is 0 Å². The molecule has 140 valence electrons. The predicted molar refractivity (Wildman–Crippen MR) is 113 cm³/mol. The van der Waals surface area contributed by atoms with Crippen molar-refractivity contribution >= 4 is 73.5 Å². The van der Waals surface area contributed by atoms with Crippen LogP contribution in [0.4, 0.5) is 0 Å². The summed E-state index contributed by atoms with van der Waals surface area (Å²) in [4.78, 5) is 15.1. The number of carbonyl (C=O) groups excluding carboxylic acids is 1. The standard InChI is InChI=1S/C17H12Cl2N2O3S3/c1-10-2-6-13(7-3-10)27(23,24)20-21-16(22)15(26-17(21)25)8-11-4-5-12(18)9-14(11)19/h2-9,20H,1H3. The molecule has 0 aromatic heterocycles. The molecule has 2 aromatic rings. The van der Waals surface area contributed by atoms with Crippen molar-refractivity contribution in [2.24, 2.45) is 0 Å². The molecule has 0 radical (unpaired) electrons. The van der Waals surface area contributed by atoms with Crippen molar-refractivity contribution in [1.29, 1.82) is 0 Å². The van der Waals surface area contributed by atoms with Crippen molar-refractivity contribution in [3.8, 4) is 0 Å². The van der Waals surface area contributed by atoms with Gasteiger partial charge in [0.2, 0.25) is 0 Å². The number of nitrogens with zero attached hydrogens (tertiary/aromatic N) is 1. The van der Waals surface area contributed by atoms with Crippen molar-refractivity contribution in [2.45, 2.75) is 11.8 Å². The average molecular weight is 459 g/mol. The van der Waals surface area contributed by atoms with E-state index in [1.165, 1.54) is 18.2 Å². The zero-order chi connectivity index (χ0) is 19.8. The van der Waals surface area contributed by atoms with Gasteiger partial charge in [-0.3, -0.25) is 4.79 Å². The smallest absolute Gasteiger partial charge is 0.267 e. The molecule has 10 heteroatoms. The Morgan fingerprint density at radius 2 is 1.81 bits per heavy atom. The van der Waals surface area contributed by atoms with E-state index in [1.54, 1.807) is 30.3 Å². The zero-order valence-electron chi connectivity index (χ0n) is 13.8. The summed E-state index contributed by atoms with van der Waals surface area (Å²) in [6, 6.07) is 11.1. The minimum absolute atomic E-state index is 0.0341. The van der Waals surface area contributed by atoms with Crippen LogP contribution in [0, 0.1) is 6.92 Å². The first-order valence-corrected chi connectivity index (χ1v) is 11.0. The first-order chi connectivity index (χ1) is 12.7. The zero-order valence-corrected chi connectivity index (χ0v) is 17.7. The number of amides is 1. The van der Waals surface area contributed by atoms with E-state index in [9.17, 15) is 13.2 Å². The molecule has 5 nitrogen and oxygen atoms in total. The van der Waals surface area contributed by atoms with Crippen LogP contribution in [-0.2, 0) is 14.8 Å². The van der Waals surface area contributed by atoms with Crippen LogP contribution in [0.25, 0.3) is 6.08 Å². The highest BCUT2D eigenvalue weighted by Crippen LogP contribution is 2.33. The van der Waals surface area contributed by atoms with Gasteiger partial charge in [-0.25, -0.2) is 13.4 Å². The normalized spacial score (nSPS) is 16.4. The molecule has 2 aromatic carbocycles. The van der Waals surface area contributed by atoms with Gasteiger partial charge in [0.1, 0.15) is 0 Å². The van der Waals surface area contributed by atoms with E-state index < -0.39 is 15.9 Å². The second-order valence-electron chi connectivity index (χ2n) is 5.59. The molecule has 0 saturated carbocycles. The summed E-state index contributed by atoms with van der Waals surface area (Å²) >= 11 is 18.1. The highest BCUT2D eigenvalue weighted by atomic mass is 35.5. The molecule has 0 aliphatic carbocycles. The van der Waals surface area contributed by atoms with E-state index in [1.807, 2.05) is 6.92 Å². The number of hydrogen-bond acceptors (Lipinski definition) is 5. The number of sulfonamides is 1. The summed E-state index contributed by atoms with van der Waals surface area (Å²) in [6.45, 7) is 1.85. The van der Waals surface area contributed by atoms with Gasteiger partial charge in [0.05, 0.1) is 9.80 Å². The highest BCUT2D eigenvalue weighted by molar-refractivity contribution is 8.26. The van der Waals surface area contributed by atoms with Crippen molar-refractivity contribution < 1.29 is 13.2 Å². The quantitative estimate of drug-likeness (QED) is 0.543. The molecule has 27 heavy (non-hydrogen) atoms. The first kappa shape index (κ1) is 20.3. The molecule has 3 rings (SSSR count). The van der Waals surface area contributed by atoms with Crippen LogP contribution in [0.15, 0.2) is 52.3 Å². The lowest BCUT2D eigenvalue weighted by molar-refractivity contribution is -0.123. The van der Waals surface area contributed by atoms with E-state index in [0.717, 1.165) is 22.3 Å². The van der Waals surface area contributed by atoms with Crippen LogP contribution in [0.1, 0.15) is 11.1 Å². The Morgan fingerprint density at radius 3 is 2.44 bits per heavy atom. The molecule has 0 bridgehead atoms. The van der Waals surface area contributed by atoms with Crippen LogP contribution in [0.2, 0.25) is 10.0 Å². The van der Waals surface area contributed by atoms with E-state index in [2.05, 4.69) is 4.83 Å². The number of aryl methyl sites for hydroxylation is 1.